The summed E-state index contributed by atoms with van der Waals surface area (Å²) < 4.78 is 0. The van der Waals surface area contributed by atoms with Gasteiger partial charge < -0.3 is 15.1 Å². The Morgan fingerprint density at radius 3 is 2.19 bits per heavy atom. The minimum atomic E-state index is 0.0827. The van der Waals surface area contributed by atoms with Gasteiger partial charge in [0.05, 0.1) is 0 Å². The molecule has 0 spiro atoms. The summed E-state index contributed by atoms with van der Waals surface area (Å²) in [5.41, 5.74) is 3.35. The van der Waals surface area contributed by atoms with Crippen molar-refractivity contribution in [2.24, 2.45) is 0 Å². The Labute approximate surface area is 162 Å². The van der Waals surface area contributed by atoms with Crippen LogP contribution in [0.2, 0.25) is 0 Å². The fourth-order valence-electron chi connectivity index (χ4n) is 3.34. The quantitative estimate of drug-likeness (QED) is 0.818. The topological polar surface area (TPSA) is 38.8 Å². The van der Waals surface area contributed by atoms with Crippen molar-refractivity contribution in [1.82, 2.24) is 9.80 Å². The normalized spacial score (nSPS) is 15.5. The lowest BCUT2D eigenvalue weighted by Crippen LogP contribution is -2.46. The van der Waals surface area contributed by atoms with Gasteiger partial charge in [-0.2, -0.15) is 0 Å². The van der Waals surface area contributed by atoms with E-state index in [-0.39, 0.29) is 5.91 Å². The molecule has 1 N–H and O–H groups in total. The molecule has 0 aromatic heterocycles. The molecule has 1 saturated heterocycles. The second-order valence-corrected chi connectivity index (χ2v) is 7.34. The van der Waals surface area contributed by atoms with Crippen LogP contribution < -0.4 is 10.2 Å². The van der Waals surface area contributed by atoms with E-state index in [4.69, 9.17) is 0 Å². The van der Waals surface area contributed by atoms with Crippen molar-refractivity contribution in [1.29, 1.82) is 0 Å². The zero-order valence-corrected chi connectivity index (χ0v) is 16.4. The van der Waals surface area contributed by atoms with Crippen LogP contribution in [0.25, 0.3) is 0 Å². The van der Waals surface area contributed by atoms with E-state index >= 15 is 0 Å². The maximum atomic E-state index is 12.2. The van der Waals surface area contributed by atoms with Crippen LogP contribution >= 0.6 is 0 Å². The maximum absolute atomic E-state index is 12.2. The van der Waals surface area contributed by atoms with Crippen LogP contribution in [0.15, 0.2) is 54.6 Å². The Morgan fingerprint density at radius 2 is 1.56 bits per heavy atom. The number of piperazine rings is 1. The third-order valence-corrected chi connectivity index (χ3v) is 5.04. The smallest absolute Gasteiger partial charge is 0.225 e. The Balaban J connectivity index is 1.36. The van der Waals surface area contributed by atoms with Gasteiger partial charge in [0, 0.05) is 71.2 Å². The van der Waals surface area contributed by atoms with Crippen LogP contribution in [0.3, 0.4) is 0 Å². The number of carbonyl (C=O) groups is 1. The van der Waals surface area contributed by atoms with E-state index in [2.05, 4.69) is 45.4 Å². The van der Waals surface area contributed by atoms with Gasteiger partial charge in [-0.15, -0.1) is 0 Å². The molecule has 1 fully saturated rings. The first-order valence-electron chi connectivity index (χ1n) is 9.66. The molecule has 0 atom stereocenters. The molecule has 1 aliphatic rings. The Bertz CT molecular complexity index is 707. The lowest BCUT2D eigenvalue weighted by molar-refractivity contribution is -0.116. The summed E-state index contributed by atoms with van der Waals surface area (Å²) in [5.74, 6) is 0.0827. The van der Waals surface area contributed by atoms with E-state index in [1.807, 2.05) is 43.3 Å². The molecule has 5 nitrogen and oxygen atoms in total. The molecule has 144 valence electrons. The number of hydrogen-bond donors (Lipinski definition) is 1. The van der Waals surface area contributed by atoms with E-state index in [1.165, 1.54) is 5.56 Å². The molecule has 3 rings (SSSR count). The number of nitrogens with one attached hydrogen (secondary N) is 1. The van der Waals surface area contributed by atoms with Crippen LogP contribution in [-0.4, -0.2) is 62.5 Å². The van der Waals surface area contributed by atoms with Crippen molar-refractivity contribution in [3.05, 3.63) is 60.2 Å². The molecule has 0 aliphatic carbocycles. The van der Waals surface area contributed by atoms with Crippen LogP contribution in [0.4, 0.5) is 11.4 Å². The SMILES string of the molecule is CN(C)c1ccc(NC(=O)CCN2CCN(Cc3ccccc3)CC2)cc1. The van der Waals surface area contributed by atoms with Crippen LogP contribution in [0.5, 0.6) is 0 Å². The highest BCUT2D eigenvalue weighted by Gasteiger charge is 2.17. The lowest BCUT2D eigenvalue weighted by atomic mass is 10.2. The van der Waals surface area contributed by atoms with Gasteiger partial charge in [-0.1, -0.05) is 30.3 Å². The Kier molecular flexibility index (Phi) is 6.85. The lowest BCUT2D eigenvalue weighted by Gasteiger charge is -2.34. The van der Waals surface area contributed by atoms with Gasteiger partial charge >= 0.3 is 0 Å². The minimum Gasteiger partial charge on any atom is -0.378 e. The molecule has 0 saturated carbocycles. The molecule has 2 aromatic carbocycles. The monoisotopic (exact) mass is 366 g/mol. The standard InChI is InChI=1S/C22H30N4O/c1-24(2)21-10-8-20(9-11-21)23-22(27)12-13-25-14-16-26(17-15-25)18-19-6-4-3-5-7-19/h3-11H,12-18H2,1-2H3,(H,23,27). The number of rotatable bonds is 7. The summed E-state index contributed by atoms with van der Waals surface area (Å²) in [6.07, 6.45) is 0.536. The van der Waals surface area contributed by atoms with Crippen LogP contribution in [-0.2, 0) is 11.3 Å². The summed E-state index contributed by atoms with van der Waals surface area (Å²) in [6.45, 7) is 6.00. The van der Waals surface area contributed by atoms with Gasteiger partial charge in [-0.3, -0.25) is 9.69 Å². The van der Waals surface area contributed by atoms with Crippen molar-refractivity contribution in [2.45, 2.75) is 13.0 Å². The second-order valence-electron chi connectivity index (χ2n) is 7.34. The van der Waals surface area contributed by atoms with E-state index < -0.39 is 0 Å². The predicted octanol–water partition coefficient (Wildman–Crippen LogP) is 2.90. The zero-order chi connectivity index (χ0) is 19.1. The first-order chi connectivity index (χ1) is 13.1. The number of carbonyl (C=O) groups excluding carboxylic acids is 1. The van der Waals surface area contributed by atoms with Gasteiger partial charge in [-0.25, -0.2) is 0 Å². The largest absolute Gasteiger partial charge is 0.378 e. The third-order valence-electron chi connectivity index (χ3n) is 5.04. The highest BCUT2D eigenvalue weighted by Crippen LogP contribution is 2.16. The summed E-state index contributed by atoms with van der Waals surface area (Å²) in [7, 11) is 4.01. The maximum Gasteiger partial charge on any atom is 0.225 e. The molecular formula is C22H30N4O. The average molecular weight is 367 g/mol. The molecule has 0 radical (unpaired) electrons. The Morgan fingerprint density at radius 1 is 0.926 bits per heavy atom. The summed E-state index contributed by atoms with van der Waals surface area (Å²) in [4.78, 5) is 19.1. The molecule has 1 aliphatic heterocycles. The molecule has 0 bridgehead atoms. The number of hydrogen-bond acceptors (Lipinski definition) is 4. The Hall–Kier alpha value is -2.37. The fourth-order valence-corrected chi connectivity index (χ4v) is 3.34. The van der Waals surface area contributed by atoms with E-state index in [1.54, 1.807) is 0 Å². The first-order valence-corrected chi connectivity index (χ1v) is 9.66. The number of amides is 1. The summed E-state index contributed by atoms with van der Waals surface area (Å²) >= 11 is 0. The molecule has 0 unspecified atom stereocenters. The highest BCUT2D eigenvalue weighted by molar-refractivity contribution is 5.91. The summed E-state index contributed by atoms with van der Waals surface area (Å²) in [5, 5.41) is 2.99. The van der Waals surface area contributed by atoms with Gasteiger partial charge in [0.25, 0.3) is 0 Å². The molecule has 1 heterocycles. The van der Waals surface area contributed by atoms with E-state index in [0.717, 1.165) is 50.6 Å². The average Bonchev–Trinajstić information content (AvgIpc) is 2.69. The predicted molar refractivity (Wildman–Crippen MR) is 112 cm³/mol. The summed E-state index contributed by atoms with van der Waals surface area (Å²) in [6, 6.07) is 18.6. The van der Waals surface area contributed by atoms with Crippen LogP contribution in [0, 0.1) is 0 Å². The first kappa shape index (κ1) is 19.4. The van der Waals surface area contributed by atoms with Crippen molar-refractivity contribution < 1.29 is 4.79 Å². The minimum absolute atomic E-state index is 0.0827. The highest BCUT2D eigenvalue weighted by atomic mass is 16.1. The molecule has 2 aromatic rings. The van der Waals surface area contributed by atoms with Crippen molar-refractivity contribution >= 4 is 17.3 Å². The van der Waals surface area contributed by atoms with Gasteiger partial charge in [0.15, 0.2) is 0 Å². The number of benzene rings is 2. The van der Waals surface area contributed by atoms with E-state index in [0.29, 0.717) is 6.42 Å². The van der Waals surface area contributed by atoms with Crippen molar-refractivity contribution in [3.63, 3.8) is 0 Å². The van der Waals surface area contributed by atoms with Crippen molar-refractivity contribution in [2.75, 3.05) is 57.0 Å². The number of nitrogens with zero attached hydrogens (tertiary/aromatic N) is 3. The molecule has 1 amide bonds. The zero-order valence-electron chi connectivity index (χ0n) is 16.4. The molecule has 5 heteroatoms. The van der Waals surface area contributed by atoms with Crippen LogP contribution in [0.1, 0.15) is 12.0 Å². The van der Waals surface area contributed by atoms with Gasteiger partial charge in [-0.05, 0) is 29.8 Å². The van der Waals surface area contributed by atoms with Gasteiger partial charge in [0.1, 0.15) is 0 Å². The fraction of sp³-hybridized carbons (Fsp3) is 0.409. The van der Waals surface area contributed by atoms with Crippen molar-refractivity contribution in [3.8, 4) is 0 Å². The third kappa shape index (κ3) is 6.08. The van der Waals surface area contributed by atoms with E-state index in [9.17, 15) is 4.79 Å². The van der Waals surface area contributed by atoms with Gasteiger partial charge in [0.2, 0.25) is 5.91 Å². The number of anilines is 2. The molecular weight excluding hydrogens is 336 g/mol. The second kappa shape index (κ2) is 9.53. The molecule has 27 heavy (non-hydrogen) atoms.